The molecule has 0 fully saturated rings. The van der Waals surface area contributed by atoms with E-state index in [2.05, 4.69) is 226 Å². The minimum atomic E-state index is 1.15. The van der Waals surface area contributed by atoms with Crippen LogP contribution in [0.4, 0.5) is 0 Å². The van der Waals surface area contributed by atoms with Crippen LogP contribution in [-0.2, 0) is 0 Å². The van der Waals surface area contributed by atoms with Gasteiger partial charge in [-0.2, -0.15) is 0 Å². The summed E-state index contributed by atoms with van der Waals surface area (Å²) in [4.78, 5) is 0. The van der Waals surface area contributed by atoms with Crippen LogP contribution in [0, 0.1) is 0 Å². The Morgan fingerprint density at radius 1 is 0.193 bits per heavy atom. The van der Waals surface area contributed by atoms with E-state index < -0.39 is 0 Å². The van der Waals surface area contributed by atoms with Crippen LogP contribution >= 0.6 is 0 Å². The lowest BCUT2D eigenvalue weighted by molar-refractivity contribution is 1.18. The van der Waals surface area contributed by atoms with Crippen molar-refractivity contribution in [2.45, 2.75) is 0 Å². The molecule has 0 bridgehead atoms. The number of hydrogen-bond donors (Lipinski definition) is 0. The van der Waals surface area contributed by atoms with Gasteiger partial charge in [0.2, 0.25) is 0 Å². The molecule has 0 saturated carbocycles. The summed E-state index contributed by atoms with van der Waals surface area (Å²) in [6, 6.07) is 77.4. The van der Waals surface area contributed by atoms with Gasteiger partial charge in [0.25, 0.3) is 0 Å². The highest BCUT2D eigenvalue weighted by molar-refractivity contribution is 6.14. The van der Waals surface area contributed by atoms with Crippen LogP contribution < -0.4 is 0 Å². The molecule has 9 aromatic carbocycles. The SMILES string of the molecule is c1ccc(-n2c3ccccc3c3cc(-c4ccc5c6ccc(-c7ccc8c(c7)c7ccccc7n8-c7ccccc7)cc6n(-c6ccccc6)c5c4)ccc32)cc1. The summed E-state index contributed by atoms with van der Waals surface area (Å²) < 4.78 is 7.19. The molecule has 0 aliphatic carbocycles. The van der Waals surface area contributed by atoms with Gasteiger partial charge < -0.3 is 13.7 Å². The average Bonchev–Trinajstić information content (AvgIpc) is 3.92. The Hall–Kier alpha value is -7.62. The molecule has 266 valence electrons. The number of fused-ring (bicyclic) bond motifs is 9. The molecule has 0 N–H and O–H groups in total. The highest BCUT2D eigenvalue weighted by Crippen LogP contribution is 2.40. The first-order chi connectivity index (χ1) is 28.3. The molecule has 0 saturated heterocycles. The van der Waals surface area contributed by atoms with Crippen molar-refractivity contribution in [2.75, 3.05) is 0 Å². The van der Waals surface area contributed by atoms with Gasteiger partial charge in [0.1, 0.15) is 0 Å². The lowest BCUT2D eigenvalue weighted by atomic mass is 10.00. The van der Waals surface area contributed by atoms with Gasteiger partial charge >= 0.3 is 0 Å². The summed E-state index contributed by atoms with van der Waals surface area (Å²) >= 11 is 0. The fourth-order valence-electron chi connectivity index (χ4n) is 9.25. The predicted molar refractivity (Wildman–Crippen MR) is 240 cm³/mol. The van der Waals surface area contributed by atoms with Crippen molar-refractivity contribution in [1.82, 2.24) is 13.7 Å². The van der Waals surface area contributed by atoms with Crippen LogP contribution in [0.2, 0.25) is 0 Å². The molecule has 0 aliphatic rings. The molecular formula is C54H35N3. The fourth-order valence-corrected chi connectivity index (χ4v) is 9.25. The Bertz CT molecular complexity index is 3280. The Labute approximate surface area is 329 Å². The van der Waals surface area contributed by atoms with Crippen molar-refractivity contribution in [2.24, 2.45) is 0 Å². The third-order valence-corrected chi connectivity index (χ3v) is 11.8. The molecule has 0 unspecified atom stereocenters. The monoisotopic (exact) mass is 725 g/mol. The maximum Gasteiger partial charge on any atom is 0.0547 e. The largest absolute Gasteiger partial charge is 0.309 e. The van der Waals surface area contributed by atoms with Crippen LogP contribution in [-0.4, -0.2) is 13.7 Å². The number of aromatic nitrogens is 3. The second kappa shape index (κ2) is 12.5. The van der Waals surface area contributed by atoms with Gasteiger partial charge in [-0.15, -0.1) is 0 Å². The first-order valence-electron chi connectivity index (χ1n) is 19.6. The van der Waals surface area contributed by atoms with Crippen molar-refractivity contribution in [3.8, 4) is 39.3 Å². The summed E-state index contributed by atoms with van der Waals surface area (Å²) in [5.41, 5.74) is 15.5. The summed E-state index contributed by atoms with van der Waals surface area (Å²) in [5.74, 6) is 0. The minimum Gasteiger partial charge on any atom is -0.309 e. The molecular weight excluding hydrogens is 691 g/mol. The third-order valence-electron chi connectivity index (χ3n) is 11.8. The molecule has 3 aromatic heterocycles. The van der Waals surface area contributed by atoms with Gasteiger partial charge in [0, 0.05) is 49.4 Å². The van der Waals surface area contributed by atoms with E-state index in [0.717, 1.165) is 5.69 Å². The van der Waals surface area contributed by atoms with E-state index in [-0.39, 0.29) is 0 Å². The number of rotatable bonds is 5. The zero-order chi connectivity index (χ0) is 37.5. The minimum absolute atomic E-state index is 1.15. The zero-order valence-corrected chi connectivity index (χ0v) is 31.0. The molecule has 3 nitrogen and oxygen atoms in total. The van der Waals surface area contributed by atoms with E-state index in [1.807, 2.05) is 0 Å². The Morgan fingerprint density at radius 3 is 0.912 bits per heavy atom. The van der Waals surface area contributed by atoms with Crippen LogP contribution in [0.15, 0.2) is 212 Å². The Kier molecular flexibility index (Phi) is 6.93. The molecule has 3 heterocycles. The van der Waals surface area contributed by atoms with E-state index in [1.54, 1.807) is 0 Å². The Balaban J connectivity index is 1.04. The van der Waals surface area contributed by atoms with Crippen molar-refractivity contribution in [3.63, 3.8) is 0 Å². The highest BCUT2D eigenvalue weighted by atomic mass is 15.0. The maximum absolute atomic E-state index is 2.44. The molecule has 0 aliphatic heterocycles. The van der Waals surface area contributed by atoms with Gasteiger partial charge in [0.05, 0.1) is 33.1 Å². The van der Waals surface area contributed by atoms with Crippen LogP contribution in [0.25, 0.3) is 105 Å². The summed E-state index contributed by atoms with van der Waals surface area (Å²) in [6.07, 6.45) is 0. The van der Waals surface area contributed by atoms with Crippen LogP contribution in [0.3, 0.4) is 0 Å². The zero-order valence-electron chi connectivity index (χ0n) is 31.0. The van der Waals surface area contributed by atoms with E-state index in [9.17, 15) is 0 Å². The van der Waals surface area contributed by atoms with Gasteiger partial charge in [-0.05, 0) is 107 Å². The van der Waals surface area contributed by atoms with Crippen molar-refractivity contribution in [1.29, 1.82) is 0 Å². The predicted octanol–water partition coefficient (Wildman–Crippen LogP) is 14.3. The molecule has 0 radical (unpaired) electrons. The van der Waals surface area contributed by atoms with Gasteiger partial charge in [-0.1, -0.05) is 127 Å². The second-order valence-corrected chi connectivity index (χ2v) is 15.0. The van der Waals surface area contributed by atoms with Gasteiger partial charge in [0.15, 0.2) is 0 Å². The lowest BCUT2D eigenvalue weighted by Crippen LogP contribution is -1.94. The normalized spacial score (nSPS) is 11.9. The molecule has 12 aromatic rings. The molecule has 0 spiro atoms. The second-order valence-electron chi connectivity index (χ2n) is 15.0. The fraction of sp³-hybridized carbons (Fsp3) is 0. The van der Waals surface area contributed by atoms with Crippen molar-refractivity contribution >= 4 is 65.4 Å². The van der Waals surface area contributed by atoms with E-state index >= 15 is 0 Å². The number of hydrogen-bond acceptors (Lipinski definition) is 0. The highest BCUT2D eigenvalue weighted by Gasteiger charge is 2.18. The summed E-state index contributed by atoms with van der Waals surface area (Å²) in [6.45, 7) is 0. The molecule has 0 amide bonds. The molecule has 57 heavy (non-hydrogen) atoms. The van der Waals surface area contributed by atoms with Crippen molar-refractivity contribution < 1.29 is 0 Å². The summed E-state index contributed by atoms with van der Waals surface area (Å²) in [7, 11) is 0. The number of nitrogens with zero attached hydrogens (tertiary/aromatic N) is 3. The third kappa shape index (κ3) is 4.86. The Morgan fingerprint density at radius 2 is 0.491 bits per heavy atom. The number of para-hydroxylation sites is 5. The topological polar surface area (TPSA) is 14.8 Å². The first-order valence-corrected chi connectivity index (χ1v) is 19.6. The van der Waals surface area contributed by atoms with E-state index in [4.69, 9.17) is 0 Å². The molecule has 0 atom stereocenters. The smallest absolute Gasteiger partial charge is 0.0547 e. The standard InChI is InChI=1S/C54H35N3/c1-4-14-40(15-5-1)55-49-22-12-10-20-43(49)47-32-36(26-30-51(47)55)38-24-28-45-46-29-25-39(35-54(46)57(53(45)34-38)42-18-8-3-9-19-42)37-27-31-52-48(33-37)44-21-11-13-23-50(44)56(52)41-16-6-2-7-17-41/h1-35H. The van der Waals surface area contributed by atoms with Gasteiger partial charge in [-0.3, -0.25) is 0 Å². The molecule has 12 rings (SSSR count). The first kappa shape index (κ1) is 31.7. The summed E-state index contributed by atoms with van der Waals surface area (Å²) in [5, 5.41) is 7.51. The van der Waals surface area contributed by atoms with E-state index in [0.29, 0.717) is 0 Å². The average molecular weight is 726 g/mol. The molecule has 3 heteroatoms. The number of benzene rings is 9. The van der Waals surface area contributed by atoms with E-state index in [1.165, 1.54) is 99.0 Å². The van der Waals surface area contributed by atoms with Crippen LogP contribution in [0.1, 0.15) is 0 Å². The quantitative estimate of drug-likeness (QED) is 0.168. The maximum atomic E-state index is 2.44. The lowest BCUT2D eigenvalue weighted by Gasteiger charge is -2.11. The van der Waals surface area contributed by atoms with Crippen LogP contribution in [0.5, 0.6) is 0 Å². The van der Waals surface area contributed by atoms with Crippen molar-refractivity contribution in [3.05, 3.63) is 212 Å². The van der Waals surface area contributed by atoms with Gasteiger partial charge in [-0.25, -0.2) is 0 Å².